The highest BCUT2D eigenvalue weighted by Gasteiger charge is 2.26. The van der Waals surface area contributed by atoms with Gasteiger partial charge in [-0.1, -0.05) is 23.2 Å². The van der Waals surface area contributed by atoms with Crippen LogP contribution in [0.3, 0.4) is 0 Å². The first-order valence-electron chi connectivity index (χ1n) is 5.84. The molecule has 3 nitrogen and oxygen atoms in total. The molecule has 0 bridgehead atoms. The van der Waals surface area contributed by atoms with E-state index in [0.29, 0.717) is 26.8 Å². The quantitative estimate of drug-likeness (QED) is 0.799. The molecule has 2 rings (SSSR count). The predicted molar refractivity (Wildman–Crippen MR) is 77.2 cm³/mol. The number of hydrogen-bond donors (Lipinski definition) is 0. The van der Waals surface area contributed by atoms with E-state index in [1.807, 2.05) is 0 Å². The topological polar surface area (TPSA) is 23.6 Å². The number of rotatable bonds is 4. The number of halogens is 2. The van der Waals surface area contributed by atoms with Crippen molar-refractivity contribution in [3.05, 3.63) is 20.3 Å². The monoisotopic (exact) mass is 306 g/mol. The third-order valence-electron chi connectivity index (χ3n) is 3.30. The summed E-state index contributed by atoms with van der Waals surface area (Å²) in [6.45, 7) is 2.33. The van der Waals surface area contributed by atoms with Crippen LogP contribution in [0.1, 0.15) is 16.8 Å². The Balaban J connectivity index is 1.95. The minimum absolute atomic E-state index is 0.0579. The molecule has 1 aromatic rings. The number of hydrogen-bond acceptors (Lipinski definition) is 4. The average Bonchev–Trinajstić information content (AvgIpc) is 2.85. The highest BCUT2D eigenvalue weighted by molar-refractivity contribution is 7.20. The van der Waals surface area contributed by atoms with Gasteiger partial charge in [0.25, 0.3) is 0 Å². The van der Waals surface area contributed by atoms with Crippen molar-refractivity contribution in [2.24, 2.45) is 0 Å². The SMILES string of the molecule is CN(C)C1CCN(CC(=O)c2cc(Cl)sc2Cl)C1. The largest absolute Gasteiger partial charge is 0.305 e. The number of ketones is 1. The lowest BCUT2D eigenvalue weighted by Gasteiger charge is -2.19. The zero-order valence-electron chi connectivity index (χ0n) is 10.4. The number of carbonyl (C=O) groups excluding carboxylic acids is 1. The van der Waals surface area contributed by atoms with Crippen LogP contribution in [0.2, 0.25) is 8.67 Å². The number of likely N-dealkylation sites (N-methyl/N-ethyl adjacent to an activating group) is 1. The molecule has 18 heavy (non-hydrogen) atoms. The molecule has 1 aliphatic rings. The van der Waals surface area contributed by atoms with Crippen molar-refractivity contribution < 1.29 is 4.79 Å². The van der Waals surface area contributed by atoms with Gasteiger partial charge < -0.3 is 4.90 Å². The Morgan fingerprint density at radius 3 is 2.78 bits per heavy atom. The summed E-state index contributed by atoms with van der Waals surface area (Å²) in [5.41, 5.74) is 0.556. The standard InChI is InChI=1S/C12H16Cl2N2OS/c1-15(2)8-3-4-16(6-8)7-10(17)9-5-11(13)18-12(9)14/h5,8H,3-4,6-7H2,1-2H3. The minimum atomic E-state index is 0.0579. The predicted octanol–water partition coefficient (Wildman–Crippen LogP) is 2.87. The van der Waals surface area contributed by atoms with Gasteiger partial charge >= 0.3 is 0 Å². The molecule has 0 spiro atoms. The second kappa shape index (κ2) is 5.88. The van der Waals surface area contributed by atoms with Crippen LogP contribution >= 0.6 is 34.5 Å². The molecule has 100 valence electrons. The molecule has 0 N–H and O–H groups in total. The Bertz CT molecular complexity index is 447. The van der Waals surface area contributed by atoms with Gasteiger partial charge in [0.05, 0.1) is 16.4 Å². The smallest absolute Gasteiger partial charge is 0.179 e. The van der Waals surface area contributed by atoms with Crippen LogP contribution in [0.25, 0.3) is 0 Å². The zero-order valence-corrected chi connectivity index (χ0v) is 12.8. The first kappa shape index (κ1) is 14.3. The van der Waals surface area contributed by atoms with E-state index in [1.165, 1.54) is 11.3 Å². The van der Waals surface area contributed by atoms with Gasteiger partial charge in [0.15, 0.2) is 5.78 Å². The molecule has 6 heteroatoms. The van der Waals surface area contributed by atoms with Crippen LogP contribution in [0.5, 0.6) is 0 Å². The Kier molecular flexibility index (Phi) is 4.67. The first-order chi connectivity index (χ1) is 8.47. The van der Waals surface area contributed by atoms with Crippen LogP contribution in [-0.4, -0.2) is 55.4 Å². The van der Waals surface area contributed by atoms with Crippen molar-refractivity contribution in [1.29, 1.82) is 0 Å². The third kappa shape index (κ3) is 3.25. The number of likely N-dealkylation sites (tertiary alicyclic amines) is 1. The van der Waals surface area contributed by atoms with Gasteiger partial charge in [-0.05, 0) is 26.6 Å². The molecule has 0 amide bonds. The summed E-state index contributed by atoms with van der Waals surface area (Å²) in [5.74, 6) is 0.0579. The van der Waals surface area contributed by atoms with E-state index in [1.54, 1.807) is 6.07 Å². The van der Waals surface area contributed by atoms with Crippen LogP contribution in [-0.2, 0) is 0 Å². The van der Waals surface area contributed by atoms with Gasteiger partial charge in [0, 0.05) is 19.1 Å². The van der Waals surface area contributed by atoms with E-state index in [9.17, 15) is 4.79 Å². The summed E-state index contributed by atoms with van der Waals surface area (Å²) < 4.78 is 1.06. The van der Waals surface area contributed by atoms with Crippen molar-refractivity contribution >= 4 is 40.3 Å². The number of carbonyl (C=O) groups is 1. The van der Waals surface area contributed by atoms with Gasteiger partial charge in [-0.15, -0.1) is 11.3 Å². The fraction of sp³-hybridized carbons (Fsp3) is 0.583. The second-order valence-electron chi connectivity index (χ2n) is 4.80. The molecule has 1 aromatic heterocycles. The molecule has 1 aliphatic heterocycles. The van der Waals surface area contributed by atoms with Crippen LogP contribution in [0.15, 0.2) is 6.07 Å². The molecule has 0 aromatic carbocycles. The lowest BCUT2D eigenvalue weighted by molar-refractivity contribution is 0.0942. The Morgan fingerprint density at radius 2 is 2.28 bits per heavy atom. The Hall–Kier alpha value is -0.130. The maximum atomic E-state index is 12.1. The van der Waals surface area contributed by atoms with E-state index >= 15 is 0 Å². The molecule has 0 aliphatic carbocycles. The summed E-state index contributed by atoms with van der Waals surface area (Å²) in [6, 6.07) is 2.20. The molecule has 0 radical (unpaired) electrons. The first-order valence-corrected chi connectivity index (χ1v) is 7.41. The maximum absolute atomic E-state index is 12.1. The van der Waals surface area contributed by atoms with Crippen molar-refractivity contribution in [1.82, 2.24) is 9.80 Å². The molecule has 1 unspecified atom stereocenters. The fourth-order valence-corrected chi connectivity index (χ4v) is 3.69. The molecule has 1 fully saturated rings. The summed E-state index contributed by atoms with van der Waals surface area (Å²) in [7, 11) is 4.15. The molecule has 1 saturated heterocycles. The number of thiophene rings is 1. The maximum Gasteiger partial charge on any atom is 0.179 e. The molecule has 2 heterocycles. The lowest BCUT2D eigenvalue weighted by Crippen LogP contribution is -2.33. The summed E-state index contributed by atoms with van der Waals surface area (Å²) in [6.07, 6.45) is 1.11. The number of nitrogens with zero attached hydrogens (tertiary/aromatic N) is 2. The third-order valence-corrected chi connectivity index (χ3v) is 4.79. The highest BCUT2D eigenvalue weighted by atomic mass is 35.5. The summed E-state index contributed by atoms with van der Waals surface area (Å²) in [5, 5.41) is 0. The summed E-state index contributed by atoms with van der Waals surface area (Å²) >= 11 is 13.1. The molecule has 0 saturated carbocycles. The van der Waals surface area contributed by atoms with Crippen LogP contribution < -0.4 is 0 Å². The molecular weight excluding hydrogens is 291 g/mol. The molecular formula is C12H16Cl2N2OS. The Morgan fingerprint density at radius 1 is 1.56 bits per heavy atom. The van der Waals surface area contributed by atoms with Crippen LogP contribution in [0, 0.1) is 0 Å². The average molecular weight is 307 g/mol. The highest BCUT2D eigenvalue weighted by Crippen LogP contribution is 2.31. The van der Waals surface area contributed by atoms with Crippen LogP contribution in [0.4, 0.5) is 0 Å². The van der Waals surface area contributed by atoms with Gasteiger partial charge in [-0.3, -0.25) is 9.69 Å². The summed E-state index contributed by atoms with van der Waals surface area (Å²) in [4.78, 5) is 16.5. The van der Waals surface area contributed by atoms with Crippen molar-refractivity contribution in [3.8, 4) is 0 Å². The van der Waals surface area contributed by atoms with Gasteiger partial charge in [-0.2, -0.15) is 0 Å². The second-order valence-corrected chi connectivity index (χ2v) is 7.09. The van der Waals surface area contributed by atoms with E-state index in [0.717, 1.165) is 19.5 Å². The van der Waals surface area contributed by atoms with Crippen molar-refractivity contribution in [2.45, 2.75) is 12.5 Å². The van der Waals surface area contributed by atoms with E-state index in [2.05, 4.69) is 23.9 Å². The van der Waals surface area contributed by atoms with Crippen molar-refractivity contribution in [2.75, 3.05) is 33.7 Å². The van der Waals surface area contributed by atoms with Gasteiger partial charge in [-0.25, -0.2) is 0 Å². The van der Waals surface area contributed by atoms with E-state index in [4.69, 9.17) is 23.2 Å². The van der Waals surface area contributed by atoms with Gasteiger partial charge in [0.2, 0.25) is 0 Å². The normalized spacial score (nSPS) is 20.8. The lowest BCUT2D eigenvalue weighted by atomic mass is 10.2. The van der Waals surface area contributed by atoms with Crippen molar-refractivity contribution in [3.63, 3.8) is 0 Å². The zero-order chi connectivity index (χ0) is 13.3. The fourth-order valence-electron chi connectivity index (χ4n) is 2.20. The number of Topliss-reactive ketones (excluding diaryl/α,β-unsaturated/α-hetero) is 1. The van der Waals surface area contributed by atoms with Gasteiger partial charge in [0.1, 0.15) is 4.34 Å². The molecule has 1 atom stereocenters. The van der Waals surface area contributed by atoms with E-state index < -0.39 is 0 Å². The minimum Gasteiger partial charge on any atom is -0.305 e. The Labute approximate surface area is 121 Å². The van der Waals surface area contributed by atoms with E-state index in [-0.39, 0.29) is 5.78 Å².